The first-order valence-corrected chi connectivity index (χ1v) is 40.9. The summed E-state index contributed by atoms with van der Waals surface area (Å²) in [6.45, 7) is 54.3. The lowest BCUT2D eigenvalue weighted by molar-refractivity contribution is 0.376. The van der Waals surface area contributed by atoms with Crippen LogP contribution >= 0.6 is 35.3 Å². The van der Waals surface area contributed by atoms with E-state index in [9.17, 15) is 20.4 Å². The number of rotatable bonds is 32. The van der Waals surface area contributed by atoms with Crippen molar-refractivity contribution in [3.05, 3.63) is 93.0 Å². The van der Waals surface area contributed by atoms with Crippen LogP contribution in [0.2, 0.25) is 0 Å². The lowest BCUT2D eigenvalue weighted by Crippen LogP contribution is -2.17. The zero-order chi connectivity index (χ0) is 76.4. The van der Waals surface area contributed by atoms with Gasteiger partial charge in [-0.05, 0) is 123 Å². The summed E-state index contributed by atoms with van der Waals surface area (Å²) in [6.07, 6.45) is 21.8. The molecule has 0 amide bonds. The van der Waals surface area contributed by atoms with Crippen LogP contribution < -0.4 is 18.9 Å². The summed E-state index contributed by atoms with van der Waals surface area (Å²) >= 11 is 5.17. The molecule has 6 rings (SSSR count). The molecule has 4 aromatic carbocycles. The molecule has 2 heterocycles. The van der Waals surface area contributed by atoms with Crippen molar-refractivity contribution >= 4 is 35.3 Å². The molecule has 0 radical (unpaired) electrons. The maximum absolute atomic E-state index is 11.3. The third-order valence-corrected chi connectivity index (χ3v) is 20.8. The first-order chi connectivity index (χ1) is 47.2. The highest BCUT2D eigenvalue weighted by atomic mass is 32.2. The van der Waals surface area contributed by atoms with Crippen molar-refractivity contribution in [2.24, 2.45) is 0 Å². The zero-order valence-corrected chi connectivity index (χ0v) is 70.2. The molecular formula is C85H132N6O8S3. The van der Waals surface area contributed by atoms with Crippen LogP contribution in [0, 0.1) is 0 Å². The van der Waals surface area contributed by atoms with Crippen LogP contribution in [0.4, 0.5) is 0 Å². The monoisotopic (exact) mass is 1460 g/mol. The predicted molar refractivity (Wildman–Crippen MR) is 431 cm³/mol. The molecule has 0 bridgehead atoms. The Morgan fingerprint density at radius 3 is 0.657 bits per heavy atom. The average Bonchev–Trinajstić information content (AvgIpc) is 0.797. The minimum Gasteiger partial charge on any atom is -0.507 e. The van der Waals surface area contributed by atoms with Crippen LogP contribution in [0.1, 0.15) is 334 Å². The van der Waals surface area contributed by atoms with E-state index in [4.69, 9.17) is 38.9 Å². The van der Waals surface area contributed by atoms with Gasteiger partial charge >= 0.3 is 24.0 Å². The number of aromatic nitrogens is 6. The number of phenols is 4. The molecule has 102 heavy (non-hydrogen) atoms. The summed E-state index contributed by atoms with van der Waals surface area (Å²) < 4.78 is 25.6. The molecule has 0 spiro atoms. The van der Waals surface area contributed by atoms with Crippen LogP contribution in [0.5, 0.6) is 70.0 Å². The first-order valence-electron chi connectivity index (χ1n) is 37.8. The van der Waals surface area contributed by atoms with E-state index in [2.05, 4.69) is 190 Å². The SMILES string of the molecule is CCCCCCCCCCCCSc1nc(Oc2cc(C(C)(C)C)c(O)c(C(C)(C)C)c2)nc(Oc2cc(C(C)(C)C)c(O)c(C(C)(C)C)c2)n1.CCCCCCCCSCCCSc1nc(Oc2cc(C(C)(C)C)c(O)c(C(C)(C)C)c2)nc(Oc2cc(C(C)(C)C)c(O)c(C(C)(C)C)c2)n1. The van der Waals surface area contributed by atoms with Crippen LogP contribution in [0.3, 0.4) is 0 Å². The molecule has 0 atom stereocenters. The fraction of sp³-hybridized carbons (Fsp3) is 0.647. The molecule has 0 fully saturated rings. The quantitative estimate of drug-likeness (QED) is 0.0230. The van der Waals surface area contributed by atoms with Gasteiger partial charge < -0.3 is 39.4 Å². The molecule has 17 heteroatoms. The number of hydrogen-bond donors (Lipinski definition) is 4. The topological polar surface area (TPSA) is 195 Å². The standard InChI is InChI=1S/C43H67N3O4S.C42H65N3O4S2/c1-14-15-16-17-18-19-20-21-22-23-24-51-39-45-37(49-29-25-31(40(2,3)4)35(47)32(26-29)41(5,6)7)44-38(46-39)50-30-27-33(42(8,9)10)36(48)34(28-30)43(11,12)13;1-14-15-16-17-18-19-21-50-22-20-23-51-38-44-36(48-28-24-30(39(2,3)4)34(46)31(25-28)40(5,6)7)43-37(45-38)49-29-26-32(41(8,9)10)35(47)33(27-29)42(11,12)13/h25-28,47-48H,14-24H2,1-13H3;24-27,46-47H,14-23H2,1-13H3. The number of benzene rings is 4. The second-order valence-corrected chi connectivity index (χ2v) is 39.2. The van der Waals surface area contributed by atoms with Crippen molar-refractivity contribution < 1.29 is 39.4 Å². The Bertz CT molecular complexity index is 3050. The van der Waals surface area contributed by atoms with E-state index in [0.717, 1.165) is 74.6 Å². The van der Waals surface area contributed by atoms with Crippen molar-refractivity contribution in [1.82, 2.24) is 29.9 Å². The molecule has 568 valence electrons. The van der Waals surface area contributed by atoms with Gasteiger partial charge in [0.1, 0.15) is 46.0 Å². The smallest absolute Gasteiger partial charge is 0.329 e. The van der Waals surface area contributed by atoms with E-state index in [1.165, 1.54) is 102 Å². The molecule has 0 aliphatic heterocycles. The predicted octanol–water partition coefficient (Wildman–Crippen LogP) is 25.7. The van der Waals surface area contributed by atoms with Crippen molar-refractivity contribution in [2.75, 3.05) is 23.0 Å². The van der Waals surface area contributed by atoms with Gasteiger partial charge in [-0.1, -0.05) is 293 Å². The van der Waals surface area contributed by atoms with Crippen molar-refractivity contribution in [2.45, 2.75) is 343 Å². The van der Waals surface area contributed by atoms with E-state index < -0.39 is 0 Å². The lowest BCUT2D eigenvalue weighted by Gasteiger charge is -2.28. The first kappa shape index (κ1) is 87.0. The highest BCUT2D eigenvalue weighted by Crippen LogP contribution is 2.48. The highest BCUT2D eigenvalue weighted by Gasteiger charge is 2.33. The van der Waals surface area contributed by atoms with Crippen LogP contribution in [0.15, 0.2) is 58.8 Å². The van der Waals surface area contributed by atoms with Gasteiger partial charge in [0.15, 0.2) is 10.3 Å². The Kier molecular flexibility index (Phi) is 32.0. The van der Waals surface area contributed by atoms with Gasteiger partial charge in [-0.3, -0.25) is 0 Å². The Balaban J connectivity index is 0.000000367. The molecule has 0 unspecified atom stereocenters. The normalized spacial score (nSPS) is 12.7. The van der Waals surface area contributed by atoms with Gasteiger partial charge in [0.25, 0.3) is 0 Å². The van der Waals surface area contributed by atoms with Crippen molar-refractivity contribution in [3.63, 3.8) is 0 Å². The Morgan fingerprint density at radius 1 is 0.255 bits per heavy atom. The van der Waals surface area contributed by atoms with Gasteiger partial charge in [0.2, 0.25) is 0 Å². The van der Waals surface area contributed by atoms with E-state index in [1.807, 2.05) is 60.3 Å². The van der Waals surface area contributed by atoms with E-state index in [1.54, 1.807) is 23.5 Å². The van der Waals surface area contributed by atoms with E-state index in [-0.39, 0.29) is 90.4 Å². The second kappa shape index (κ2) is 37.5. The largest absolute Gasteiger partial charge is 0.507 e. The van der Waals surface area contributed by atoms with E-state index in [0.29, 0.717) is 33.3 Å². The summed E-state index contributed by atoms with van der Waals surface area (Å²) in [5, 5.41) is 46.2. The number of unbranched alkanes of at least 4 members (excludes halogenated alkanes) is 14. The van der Waals surface area contributed by atoms with Gasteiger partial charge in [0.05, 0.1) is 0 Å². The summed E-state index contributed by atoms with van der Waals surface area (Å²) in [4.78, 5) is 28.1. The third-order valence-electron chi connectivity index (χ3n) is 17.8. The Morgan fingerprint density at radius 2 is 0.441 bits per heavy atom. The Hall–Kier alpha value is -5.65. The van der Waals surface area contributed by atoms with Gasteiger partial charge in [-0.15, -0.1) is 9.97 Å². The van der Waals surface area contributed by atoms with Gasteiger partial charge in [-0.25, -0.2) is 0 Å². The van der Waals surface area contributed by atoms with Crippen LogP contribution in [-0.4, -0.2) is 73.3 Å². The molecule has 0 saturated carbocycles. The summed E-state index contributed by atoms with van der Waals surface area (Å²) in [5.74, 6) is 7.33. The summed E-state index contributed by atoms with van der Waals surface area (Å²) in [7, 11) is 0. The molecule has 2 aromatic heterocycles. The number of nitrogens with zero attached hydrogens (tertiary/aromatic N) is 6. The summed E-state index contributed by atoms with van der Waals surface area (Å²) in [5.41, 5.74) is 3.77. The highest BCUT2D eigenvalue weighted by molar-refractivity contribution is 8.00. The molecular weight excluding hydrogens is 1330 g/mol. The van der Waals surface area contributed by atoms with Crippen molar-refractivity contribution in [3.8, 4) is 70.0 Å². The maximum Gasteiger partial charge on any atom is 0.329 e. The fourth-order valence-corrected chi connectivity index (χ4v) is 14.5. The van der Waals surface area contributed by atoms with Crippen LogP contribution in [-0.2, 0) is 43.3 Å². The zero-order valence-electron chi connectivity index (χ0n) is 67.8. The molecule has 14 nitrogen and oxygen atoms in total. The number of aromatic hydroxyl groups is 4. The van der Waals surface area contributed by atoms with Gasteiger partial charge in [-0.2, -0.15) is 31.7 Å². The van der Waals surface area contributed by atoms with Gasteiger partial charge in [0, 0.05) is 56.0 Å². The Labute approximate surface area is 629 Å². The third kappa shape index (κ3) is 27.7. The number of ether oxygens (including phenoxy) is 4. The minimum absolute atomic E-state index is 0.122. The fourth-order valence-electron chi connectivity index (χ4n) is 11.8. The molecule has 6 aromatic rings. The summed E-state index contributed by atoms with van der Waals surface area (Å²) in [6, 6.07) is 15.5. The molecule has 0 aliphatic rings. The molecule has 0 saturated heterocycles. The molecule has 4 N–H and O–H groups in total. The molecule has 0 aliphatic carbocycles. The second-order valence-electron chi connectivity index (χ2n) is 35.9. The van der Waals surface area contributed by atoms with E-state index >= 15 is 0 Å². The van der Waals surface area contributed by atoms with Crippen molar-refractivity contribution in [1.29, 1.82) is 0 Å². The number of hydrogen-bond acceptors (Lipinski definition) is 17. The van der Waals surface area contributed by atoms with Crippen LogP contribution in [0.25, 0.3) is 0 Å². The lowest BCUT2D eigenvalue weighted by atomic mass is 9.79. The number of thioether (sulfide) groups is 3. The average molecular weight is 1460 g/mol. The number of phenolic OH excluding ortho intramolecular Hbond substituents is 4. The maximum atomic E-state index is 11.3. The minimum atomic E-state index is -0.320.